The van der Waals surface area contributed by atoms with Crippen molar-refractivity contribution in [2.45, 2.75) is 19.9 Å². The van der Waals surface area contributed by atoms with Gasteiger partial charge in [0.1, 0.15) is 0 Å². The van der Waals surface area contributed by atoms with Crippen LogP contribution in [0, 0.1) is 0 Å². The summed E-state index contributed by atoms with van der Waals surface area (Å²) in [5, 5.41) is 3.33. The van der Waals surface area contributed by atoms with E-state index in [1.54, 1.807) is 7.11 Å². The van der Waals surface area contributed by atoms with Crippen LogP contribution in [0.25, 0.3) is 0 Å². The van der Waals surface area contributed by atoms with Crippen molar-refractivity contribution >= 4 is 0 Å². The number of hydrogen-bond donors (Lipinski definition) is 1. The van der Waals surface area contributed by atoms with Gasteiger partial charge in [0, 0.05) is 19.7 Å². The first kappa shape index (κ1) is 11.9. The van der Waals surface area contributed by atoms with E-state index in [1.807, 2.05) is 0 Å². The van der Waals surface area contributed by atoms with Crippen LogP contribution < -0.4 is 5.32 Å². The SMILES string of the molecule is CCNCC(COC)N(C)CC. The molecule has 0 amide bonds. The molecule has 3 nitrogen and oxygen atoms in total. The van der Waals surface area contributed by atoms with Crippen LogP contribution in [0.4, 0.5) is 0 Å². The Morgan fingerprint density at radius 1 is 1.42 bits per heavy atom. The molecule has 0 bridgehead atoms. The minimum Gasteiger partial charge on any atom is -0.383 e. The number of rotatable bonds is 7. The zero-order chi connectivity index (χ0) is 9.40. The van der Waals surface area contributed by atoms with Crippen molar-refractivity contribution in [2.24, 2.45) is 0 Å². The quantitative estimate of drug-likeness (QED) is 0.610. The first-order chi connectivity index (χ1) is 5.76. The highest BCUT2D eigenvalue weighted by Gasteiger charge is 2.11. The van der Waals surface area contributed by atoms with Gasteiger partial charge in [-0.05, 0) is 20.1 Å². The second-order valence-corrected chi connectivity index (χ2v) is 2.99. The monoisotopic (exact) mass is 174 g/mol. The summed E-state index contributed by atoms with van der Waals surface area (Å²) < 4.78 is 5.14. The van der Waals surface area contributed by atoms with Crippen molar-refractivity contribution in [1.82, 2.24) is 10.2 Å². The van der Waals surface area contributed by atoms with Crippen molar-refractivity contribution < 1.29 is 4.74 Å². The molecule has 1 N–H and O–H groups in total. The third-order valence-corrected chi connectivity index (χ3v) is 2.11. The molecule has 0 spiro atoms. The van der Waals surface area contributed by atoms with Gasteiger partial charge in [-0.2, -0.15) is 0 Å². The van der Waals surface area contributed by atoms with Crippen LogP contribution in [0.15, 0.2) is 0 Å². The van der Waals surface area contributed by atoms with Gasteiger partial charge < -0.3 is 15.0 Å². The predicted octanol–water partition coefficient (Wildman–Crippen LogP) is 0.563. The van der Waals surface area contributed by atoms with Crippen molar-refractivity contribution in [3.63, 3.8) is 0 Å². The highest BCUT2D eigenvalue weighted by Crippen LogP contribution is 1.94. The van der Waals surface area contributed by atoms with Gasteiger partial charge in [0.05, 0.1) is 6.61 Å². The summed E-state index contributed by atoms with van der Waals surface area (Å²) in [7, 11) is 3.88. The number of methoxy groups -OCH3 is 1. The van der Waals surface area contributed by atoms with Crippen LogP contribution >= 0.6 is 0 Å². The Balaban J connectivity index is 3.68. The Hall–Kier alpha value is -0.120. The first-order valence-corrected chi connectivity index (χ1v) is 4.66. The number of nitrogens with zero attached hydrogens (tertiary/aromatic N) is 1. The standard InChI is InChI=1S/C9H22N2O/c1-5-10-7-9(8-12-4)11(3)6-2/h9-10H,5-8H2,1-4H3. The topological polar surface area (TPSA) is 24.5 Å². The van der Waals surface area contributed by atoms with Crippen LogP contribution in [0.5, 0.6) is 0 Å². The van der Waals surface area contributed by atoms with Crippen molar-refractivity contribution in [3.8, 4) is 0 Å². The Kier molecular flexibility index (Phi) is 7.45. The van der Waals surface area contributed by atoms with E-state index in [4.69, 9.17) is 4.74 Å². The summed E-state index contributed by atoms with van der Waals surface area (Å²) in [5.74, 6) is 0. The molecule has 0 aliphatic heterocycles. The van der Waals surface area contributed by atoms with Crippen molar-refractivity contribution in [2.75, 3.05) is 40.4 Å². The van der Waals surface area contributed by atoms with Crippen molar-refractivity contribution in [3.05, 3.63) is 0 Å². The van der Waals surface area contributed by atoms with Gasteiger partial charge in [-0.25, -0.2) is 0 Å². The number of nitrogens with one attached hydrogen (secondary N) is 1. The van der Waals surface area contributed by atoms with E-state index < -0.39 is 0 Å². The summed E-state index contributed by atoms with van der Waals surface area (Å²) in [6, 6.07) is 0.500. The number of likely N-dealkylation sites (N-methyl/N-ethyl adjacent to an activating group) is 2. The molecule has 12 heavy (non-hydrogen) atoms. The summed E-state index contributed by atoms with van der Waals surface area (Å²) >= 11 is 0. The lowest BCUT2D eigenvalue weighted by atomic mass is 10.2. The van der Waals surface area contributed by atoms with E-state index in [1.165, 1.54) is 0 Å². The predicted molar refractivity (Wildman–Crippen MR) is 52.5 cm³/mol. The lowest BCUT2D eigenvalue weighted by Gasteiger charge is -2.26. The molecule has 0 aromatic rings. The van der Waals surface area contributed by atoms with E-state index in [0.29, 0.717) is 6.04 Å². The second-order valence-electron chi connectivity index (χ2n) is 2.99. The Morgan fingerprint density at radius 3 is 2.50 bits per heavy atom. The molecule has 0 aliphatic rings. The molecule has 0 fully saturated rings. The molecular formula is C9H22N2O. The molecule has 3 heteroatoms. The lowest BCUT2D eigenvalue weighted by Crippen LogP contribution is -2.42. The fourth-order valence-corrected chi connectivity index (χ4v) is 1.10. The average Bonchev–Trinajstić information content (AvgIpc) is 2.11. The Labute approximate surface area is 76.1 Å². The molecule has 0 radical (unpaired) electrons. The first-order valence-electron chi connectivity index (χ1n) is 4.66. The minimum atomic E-state index is 0.500. The zero-order valence-corrected chi connectivity index (χ0v) is 8.76. The van der Waals surface area contributed by atoms with E-state index in [2.05, 4.69) is 31.1 Å². The molecule has 0 aromatic heterocycles. The average molecular weight is 174 g/mol. The summed E-state index contributed by atoms with van der Waals surface area (Å²) in [5.41, 5.74) is 0. The third-order valence-electron chi connectivity index (χ3n) is 2.11. The summed E-state index contributed by atoms with van der Waals surface area (Å²) in [6.07, 6.45) is 0. The summed E-state index contributed by atoms with van der Waals surface area (Å²) in [4.78, 5) is 2.30. The van der Waals surface area contributed by atoms with Crippen LogP contribution in [0.3, 0.4) is 0 Å². The maximum Gasteiger partial charge on any atom is 0.0630 e. The highest BCUT2D eigenvalue weighted by molar-refractivity contribution is 4.69. The second kappa shape index (κ2) is 7.53. The number of ether oxygens (including phenoxy) is 1. The van der Waals surface area contributed by atoms with E-state index in [0.717, 1.165) is 26.2 Å². The third kappa shape index (κ3) is 4.70. The minimum absolute atomic E-state index is 0.500. The molecule has 0 aromatic carbocycles. The van der Waals surface area contributed by atoms with Gasteiger partial charge in [0.15, 0.2) is 0 Å². The molecular weight excluding hydrogens is 152 g/mol. The molecule has 1 unspecified atom stereocenters. The molecule has 0 rings (SSSR count). The fraction of sp³-hybridized carbons (Fsp3) is 1.00. The molecule has 1 atom stereocenters. The largest absolute Gasteiger partial charge is 0.383 e. The van der Waals surface area contributed by atoms with Crippen LogP contribution in [0.1, 0.15) is 13.8 Å². The van der Waals surface area contributed by atoms with Crippen LogP contribution in [-0.4, -0.2) is 51.3 Å². The highest BCUT2D eigenvalue weighted by atomic mass is 16.5. The summed E-state index contributed by atoms with van der Waals surface area (Å²) in [6.45, 7) is 8.19. The number of hydrogen-bond acceptors (Lipinski definition) is 3. The normalized spacial score (nSPS) is 13.8. The van der Waals surface area contributed by atoms with Gasteiger partial charge in [0.25, 0.3) is 0 Å². The van der Waals surface area contributed by atoms with Gasteiger partial charge in [-0.3, -0.25) is 0 Å². The van der Waals surface area contributed by atoms with E-state index >= 15 is 0 Å². The molecule has 0 heterocycles. The molecule has 0 saturated heterocycles. The van der Waals surface area contributed by atoms with Gasteiger partial charge >= 0.3 is 0 Å². The van der Waals surface area contributed by atoms with Crippen LogP contribution in [0.2, 0.25) is 0 Å². The molecule has 74 valence electrons. The zero-order valence-electron chi connectivity index (χ0n) is 8.76. The van der Waals surface area contributed by atoms with Gasteiger partial charge in [-0.1, -0.05) is 13.8 Å². The van der Waals surface area contributed by atoms with Gasteiger partial charge in [-0.15, -0.1) is 0 Å². The Morgan fingerprint density at radius 2 is 2.08 bits per heavy atom. The van der Waals surface area contributed by atoms with Crippen LogP contribution in [-0.2, 0) is 4.74 Å². The smallest absolute Gasteiger partial charge is 0.0630 e. The van der Waals surface area contributed by atoms with Crippen molar-refractivity contribution in [1.29, 1.82) is 0 Å². The van der Waals surface area contributed by atoms with Gasteiger partial charge in [0.2, 0.25) is 0 Å². The Bertz CT molecular complexity index is 98.5. The van der Waals surface area contributed by atoms with E-state index in [9.17, 15) is 0 Å². The fourth-order valence-electron chi connectivity index (χ4n) is 1.10. The lowest BCUT2D eigenvalue weighted by molar-refractivity contribution is 0.109. The maximum absolute atomic E-state index is 5.14. The maximum atomic E-state index is 5.14. The van der Waals surface area contributed by atoms with E-state index in [-0.39, 0.29) is 0 Å². The molecule has 0 saturated carbocycles. The molecule has 0 aliphatic carbocycles.